The largest absolute Gasteiger partial charge is 0.370 e. The maximum Gasteiger partial charge on any atom is 0.174 e. The highest BCUT2D eigenvalue weighted by Gasteiger charge is 2.42. The molecule has 8 heteroatoms. The van der Waals surface area contributed by atoms with E-state index in [-0.39, 0.29) is 12.1 Å². The molecule has 5 nitrogen and oxygen atoms in total. The summed E-state index contributed by atoms with van der Waals surface area (Å²) in [6.07, 6.45) is 3.09. The van der Waals surface area contributed by atoms with Crippen molar-refractivity contribution in [2.45, 2.75) is 46.2 Å². The van der Waals surface area contributed by atoms with Gasteiger partial charge in [-0.25, -0.2) is 0 Å². The first-order valence-corrected chi connectivity index (χ1v) is 15.4. The number of anilines is 2. The van der Waals surface area contributed by atoms with E-state index in [9.17, 15) is 0 Å². The van der Waals surface area contributed by atoms with Crippen molar-refractivity contribution in [3.63, 3.8) is 0 Å². The number of aromatic nitrogens is 2. The van der Waals surface area contributed by atoms with Crippen LogP contribution >= 0.6 is 35.4 Å². The van der Waals surface area contributed by atoms with E-state index in [1.807, 2.05) is 36.5 Å². The summed E-state index contributed by atoms with van der Waals surface area (Å²) < 4.78 is 2.25. The first kappa shape index (κ1) is 28.1. The van der Waals surface area contributed by atoms with Crippen LogP contribution in [-0.4, -0.2) is 27.8 Å². The van der Waals surface area contributed by atoms with Crippen LogP contribution in [0.5, 0.6) is 0 Å². The van der Waals surface area contributed by atoms with Crippen molar-refractivity contribution in [2.24, 2.45) is 11.8 Å². The lowest BCUT2D eigenvalue weighted by atomic mass is 9.91. The zero-order valence-corrected chi connectivity index (χ0v) is 26.1. The lowest BCUT2D eigenvalue weighted by molar-refractivity contribution is 0.357. The second-order valence-corrected chi connectivity index (χ2v) is 12.9. The van der Waals surface area contributed by atoms with E-state index in [1.54, 1.807) is 0 Å². The Kier molecular flexibility index (Phi) is 7.75. The van der Waals surface area contributed by atoms with Crippen LogP contribution in [0.15, 0.2) is 72.9 Å². The highest BCUT2D eigenvalue weighted by atomic mass is 35.5. The monoisotopic (exact) mass is 603 g/mol. The molecule has 0 bridgehead atoms. The van der Waals surface area contributed by atoms with Crippen LogP contribution in [-0.2, 0) is 0 Å². The number of rotatable bonds is 5. The van der Waals surface area contributed by atoms with Gasteiger partial charge in [0, 0.05) is 47.1 Å². The highest BCUT2D eigenvalue weighted by molar-refractivity contribution is 7.80. The molecule has 1 N–H and O–H groups in total. The molecule has 2 saturated heterocycles. The van der Waals surface area contributed by atoms with Crippen LogP contribution in [0.3, 0.4) is 0 Å². The van der Waals surface area contributed by atoms with E-state index in [0.29, 0.717) is 22.0 Å². The maximum atomic E-state index is 7.03. The van der Waals surface area contributed by atoms with E-state index >= 15 is 0 Å². The van der Waals surface area contributed by atoms with E-state index in [0.717, 1.165) is 52.3 Å². The number of aryl methyl sites for hydroxylation is 1. The zero-order valence-electron chi connectivity index (χ0n) is 23.8. The second-order valence-electron chi connectivity index (χ2n) is 11.6. The van der Waals surface area contributed by atoms with Gasteiger partial charge < -0.3 is 19.7 Å². The first-order chi connectivity index (χ1) is 19.7. The second kappa shape index (κ2) is 11.3. The van der Waals surface area contributed by atoms with E-state index in [2.05, 4.69) is 83.8 Å². The summed E-state index contributed by atoms with van der Waals surface area (Å²) >= 11 is 19.4. The molecule has 6 rings (SSSR count). The molecule has 2 aromatic carbocycles. The number of hydrogen-bond donors (Lipinski definition) is 1. The Morgan fingerprint density at radius 1 is 0.902 bits per heavy atom. The Bertz CT molecular complexity index is 1580. The summed E-state index contributed by atoms with van der Waals surface area (Å²) in [4.78, 5) is 9.36. The lowest BCUT2D eigenvalue weighted by Crippen LogP contribution is -2.38. The molecule has 0 unspecified atom stereocenters. The molecule has 0 aliphatic carbocycles. The van der Waals surface area contributed by atoms with Crippen molar-refractivity contribution in [3.8, 4) is 5.69 Å². The molecular formula is C33H35Cl2N5S. The summed E-state index contributed by atoms with van der Waals surface area (Å²) in [6, 6.07) is 22.4. The van der Waals surface area contributed by atoms with Crippen LogP contribution in [0.25, 0.3) is 5.69 Å². The third kappa shape index (κ3) is 5.33. The number of benzene rings is 2. The molecule has 0 spiro atoms. The topological polar surface area (TPSA) is 36.3 Å². The van der Waals surface area contributed by atoms with E-state index in [1.165, 1.54) is 12.0 Å². The lowest BCUT2D eigenvalue weighted by Gasteiger charge is -2.37. The van der Waals surface area contributed by atoms with Gasteiger partial charge in [0.1, 0.15) is 0 Å². The molecule has 212 valence electrons. The molecule has 0 radical (unpaired) electrons. The van der Waals surface area contributed by atoms with Gasteiger partial charge in [0.25, 0.3) is 0 Å². The summed E-state index contributed by atoms with van der Waals surface area (Å²) in [5.74, 6) is 1.28. The van der Waals surface area contributed by atoms with Gasteiger partial charge in [-0.05, 0) is 104 Å². The Labute approximate surface area is 258 Å². The van der Waals surface area contributed by atoms with Gasteiger partial charge in [-0.2, -0.15) is 0 Å². The number of thiocarbonyl (C=S) groups is 1. The van der Waals surface area contributed by atoms with Gasteiger partial charge >= 0.3 is 0 Å². The van der Waals surface area contributed by atoms with Crippen molar-refractivity contribution in [2.75, 3.05) is 22.9 Å². The fourth-order valence-corrected chi connectivity index (χ4v) is 7.64. The average Bonchev–Trinajstić information content (AvgIpc) is 3.43. The van der Waals surface area contributed by atoms with Crippen LogP contribution in [0.1, 0.15) is 55.0 Å². The summed E-state index contributed by atoms with van der Waals surface area (Å²) in [7, 11) is 0. The third-order valence-electron chi connectivity index (χ3n) is 8.37. The fourth-order valence-electron chi connectivity index (χ4n) is 6.81. The predicted molar refractivity (Wildman–Crippen MR) is 175 cm³/mol. The molecule has 0 amide bonds. The Hall–Kier alpha value is -3.06. The third-order valence-corrected chi connectivity index (χ3v) is 9.22. The highest BCUT2D eigenvalue weighted by Crippen LogP contribution is 2.45. The zero-order chi connectivity index (χ0) is 28.8. The molecule has 2 aliphatic heterocycles. The van der Waals surface area contributed by atoms with E-state index in [4.69, 9.17) is 40.4 Å². The van der Waals surface area contributed by atoms with Gasteiger partial charge in [-0.15, -0.1) is 0 Å². The van der Waals surface area contributed by atoms with Crippen molar-refractivity contribution in [3.05, 3.63) is 106 Å². The van der Waals surface area contributed by atoms with Crippen LogP contribution in [0.2, 0.25) is 10.0 Å². The Morgan fingerprint density at radius 3 is 2.37 bits per heavy atom. The van der Waals surface area contributed by atoms with Crippen LogP contribution < -0.4 is 15.1 Å². The molecule has 41 heavy (non-hydrogen) atoms. The fraction of sp³-hybridized carbons (Fsp3) is 0.333. The van der Waals surface area contributed by atoms with Gasteiger partial charge in [-0.1, -0.05) is 49.2 Å². The van der Waals surface area contributed by atoms with Crippen molar-refractivity contribution >= 4 is 51.9 Å². The SMILES string of the molecule is Cc1cc([C@@H]2[C@@H](c3ccccn3)NC(=S)N2c2ccc(N3C[C@H](C)C[C@H](C)C3)c(Cl)c2)c(C)n1-c1cccc(Cl)c1. The number of nitrogens with zero attached hydrogens (tertiary/aromatic N) is 4. The normalized spacial score (nSPS) is 22.7. The van der Waals surface area contributed by atoms with Gasteiger partial charge in [-0.3, -0.25) is 4.98 Å². The number of nitrogens with one attached hydrogen (secondary N) is 1. The Morgan fingerprint density at radius 2 is 1.68 bits per heavy atom. The van der Waals surface area contributed by atoms with Crippen LogP contribution in [0, 0.1) is 25.7 Å². The molecular weight excluding hydrogens is 569 g/mol. The smallest absolute Gasteiger partial charge is 0.174 e. The predicted octanol–water partition coefficient (Wildman–Crippen LogP) is 8.46. The molecule has 2 aliphatic rings. The van der Waals surface area contributed by atoms with Crippen molar-refractivity contribution < 1.29 is 0 Å². The number of hydrogen-bond acceptors (Lipinski definition) is 3. The molecule has 4 atom stereocenters. The Balaban J connectivity index is 1.44. The summed E-state index contributed by atoms with van der Waals surface area (Å²) in [5.41, 5.74) is 7.45. The minimum Gasteiger partial charge on any atom is -0.370 e. The van der Waals surface area contributed by atoms with Gasteiger partial charge in [0.15, 0.2) is 5.11 Å². The maximum absolute atomic E-state index is 7.03. The van der Waals surface area contributed by atoms with E-state index < -0.39 is 0 Å². The number of halogens is 2. The van der Waals surface area contributed by atoms with Gasteiger partial charge in [0.2, 0.25) is 0 Å². The standard InChI is InChI=1S/C33H35Cl2N5S/c1-20-14-21(2)19-38(18-20)30-12-11-26(17-28(30)35)40-32(31(37-33(40)41)29-10-5-6-13-36-29)27-15-22(3)39(23(27)4)25-9-7-8-24(34)16-25/h5-13,15-17,20-21,31-32H,14,18-19H2,1-4H3,(H,37,41)/t20-,21+,31-,32-/m1/s1. The van der Waals surface area contributed by atoms with Crippen molar-refractivity contribution in [1.82, 2.24) is 14.9 Å². The minimum atomic E-state index is -0.140. The quantitative estimate of drug-likeness (QED) is 0.231. The average molecular weight is 605 g/mol. The molecule has 4 heterocycles. The molecule has 4 aromatic rings. The first-order valence-electron chi connectivity index (χ1n) is 14.2. The molecule has 2 fully saturated rings. The molecule has 2 aromatic heterocycles. The molecule has 0 saturated carbocycles. The summed E-state index contributed by atoms with van der Waals surface area (Å²) in [5, 5.41) is 5.70. The van der Waals surface area contributed by atoms with Gasteiger partial charge in [0.05, 0.1) is 28.5 Å². The number of pyridine rings is 1. The number of piperidine rings is 1. The van der Waals surface area contributed by atoms with Crippen LogP contribution in [0.4, 0.5) is 11.4 Å². The summed E-state index contributed by atoms with van der Waals surface area (Å²) in [6.45, 7) is 11.0. The minimum absolute atomic E-state index is 0.131. The van der Waals surface area contributed by atoms with Crippen molar-refractivity contribution in [1.29, 1.82) is 0 Å².